The molecule has 0 fully saturated rings. The van der Waals surface area contributed by atoms with Crippen LogP contribution >= 0.6 is 46.1 Å². The van der Waals surface area contributed by atoms with Gasteiger partial charge in [-0.3, -0.25) is 4.72 Å². The van der Waals surface area contributed by atoms with Crippen LogP contribution in [0, 0.1) is 5.82 Å². The van der Waals surface area contributed by atoms with Gasteiger partial charge in [-0.15, -0.1) is 11.3 Å². The molecule has 1 heterocycles. The number of hydrogen-bond donors (Lipinski definition) is 1. The lowest BCUT2D eigenvalue weighted by molar-refractivity contribution is 0.601. The summed E-state index contributed by atoms with van der Waals surface area (Å²) in [6, 6.07) is 4.71. The van der Waals surface area contributed by atoms with Crippen molar-refractivity contribution in [1.29, 1.82) is 0 Å². The first-order chi connectivity index (χ1) is 8.79. The number of nitrogens with one attached hydrogen (secondary N) is 1. The highest BCUT2D eigenvalue weighted by molar-refractivity contribution is 7.93. The molecular formula is C10H5Cl3FNO2S2. The molecule has 0 aliphatic rings. The fraction of sp³-hybridized carbons (Fsp3) is 0. The quantitative estimate of drug-likeness (QED) is 0.866. The maximum atomic E-state index is 13.0. The molecule has 9 heteroatoms. The maximum absolute atomic E-state index is 13.0. The molecule has 0 atom stereocenters. The van der Waals surface area contributed by atoms with Crippen LogP contribution in [0.2, 0.25) is 13.7 Å². The Bertz CT molecular complexity index is 730. The normalized spacial score (nSPS) is 11.6. The molecule has 0 amide bonds. The molecule has 0 bridgehead atoms. The van der Waals surface area contributed by atoms with Gasteiger partial charge in [0.15, 0.2) is 0 Å². The van der Waals surface area contributed by atoms with E-state index < -0.39 is 15.8 Å². The molecule has 1 aromatic heterocycles. The van der Waals surface area contributed by atoms with E-state index in [4.69, 9.17) is 34.8 Å². The number of thiophene rings is 1. The summed E-state index contributed by atoms with van der Waals surface area (Å²) in [6.07, 6.45) is 0. The molecule has 102 valence electrons. The Hall–Kier alpha value is -0.530. The Morgan fingerprint density at radius 1 is 1.16 bits per heavy atom. The average Bonchev–Trinajstić information content (AvgIpc) is 2.63. The third-order valence-corrected chi connectivity index (χ3v) is 5.51. The van der Waals surface area contributed by atoms with Gasteiger partial charge < -0.3 is 0 Å². The van der Waals surface area contributed by atoms with Gasteiger partial charge in [0, 0.05) is 0 Å². The minimum absolute atomic E-state index is 0.0470. The first kappa shape index (κ1) is 14.9. The standard InChI is InChI=1S/C10H5Cl3FNO2S2/c11-6-3-5(1-2-7(6)14)15-19(16,17)8-4-9(12)18-10(8)13/h1-4,15H. The zero-order valence-electron chi connectivity index (χ0n) is 8.95. The van der Waals surface area contributed by atoms with E-state index in [1.54, 1.807) is 0 Å². The molecule has 0 radical (unpaired) electrons. The van der Waals surface area contributed by atoms with Gasteiger partial charge in [0.2, 0.25) is 0 Å². The molecule has 0 saturated carbocycles. The summed E-state index contributed by atoms with van der Waals surface area (Å²) < 4.78 is 39.6. The summed E-state index contributed by atoms with van der Waals surface area (Å²) in [5.41, 5.74) is 0.129. The van der Waals surface area contributed by atoms with E-state index in [1.807, 2.05) is 0 Å². The Morgan fingerprint density at radius 3 is 2.37 bits per heavy atom. The number of sulfonamides is 1. The van der Waals surface area contributed by atoms with Crippen molar-refractivity contribution in [3.8, 4) is 0 Å². The monoisotopic (exact) mass is 359 g/mol. The van der Waals surface area contributed by atoms with Gasteiger partial charge in [-0.1, -0.05) is 34.8 Å². The van der Waals surface area contributed by atoms with Crippen LogP contribution in [0.5, 0.6) is 0 Å². The van der Waals surface area contributed by atoms with Crippen molar-refractivity contribution >= 4 is 61.9 Å². The fourth-order valence-corrected chi connectivity index (χ4v) is 4.66. The van der Waals surface area contributed by atoms with Crippen LogP contribution in [0.25, 0.3) is 0 Å². The highest BCUT2D eigenvalue weighted by Gasteiger charge is 2.21. The van der Waals surface area contributed by atoms with Gasteiger partial charge >= 0.3 is 0 Å². The molecule has 0 aliphatic heterocycles. The molecule has 1 N–H and O–H groups in total. The van der Waals surface area contributed by atoms with Crippen molar-refractivity contribution in [2.24, 2.45) is 0 Å². The zero-order valence-corrected chi connectivity index (χ0v) is 12.9. The molecule has 2 aromatic rings. The lowest BCUT2D eigenvalue weighted by atomic mass is 10.3. The summed E-state index contributed by atoms with van der Waals surface area (Å²) in [6.45, 7) is 0. The Morgan fingerprint density at radius 2 is 1.84 bits per heavy atom. The van der Waals surface area contributed by atoms with Crippen LogP contribution in [-0.2, 0) is 10.0 Å². The molecule has 19 heavy (non-hydrogen) atoms. The predicted octanol–water partition coefficient (Wildman–Crippen LogP) is 4.65. The van der Waals surface area contributed by atoms with E-state index in [9.17, 15) is 12.8 Å². The van der Waals surface area contributed by atoms with Crippen molar-refractivity contribution in [1.82, 2.24) is 0 Å². The predicted molar refractivity (Wildman–Crippen MR) is 76.6 cm³/mol. The van der Waals surface area contributed by atoms with Crippen molar-refractivity contribution in [2.45, 2.75) is 4.90 Å². The Labute approximate surface area is 128 Å². The highest BCUT2D eigenvalue weighted by atomic mass is 35.5. The SMILES string of the molecule is O=S(=O)(Nc1ccc(F)c(Cl)c1)c1cc(Cl)sc1Cl. The third-order valence-electron chi connectivity index (χ3n) is 2.09. The van der Waals surface area contributed by atoms with Crippen molar-refractivity contribution < 1.29 is 12.8 Å². The second-order valence-electron chi connectivity index (χ2n) is 3.42. The molecular weight excluding hydrogens is 356 g/mol. The van der Waals surface area contributed by atoms with Gasteiger partial charge in [0.05, 0.1) is 15.0 Å². The van der Waals surface area contributed by atoms with Crippen LogP contribution in [-0.4, -0.2) is 8.42 Å². The number of hydrogen-bond acceptors (Lipinski definition) is 3. The summed E-state index contributed by atoms with van der Waals surface area (Å²) in [5.74, 6) is -0.638. The van der Waals surface area contributed by atoms with Gasteiger partial charge in [-0.2, -0.15) is 0 Å². The average molecular weight is 361 g/mol. The lowest BCUT2D eigenvalue weighted by Crippen LogP contribution is -2.12. The van der Waals surface area contributed by atoms with Crippen LogP contribution < -0.4 is 4.72 Å². The van der Waals surface area contributed by atoms with Crippen LogP contribution in [0.1, 0.15) is 0 Å². The number of rotatable bonds is 3. The molecule has 0 spiro atoms. The van der Waals surface area contributed by atoms with E-state index >= 15 is 0 Å². The van der Waals surface area contributed by atoms with Crippen molar-refractivity contribution in [3.63, 3.8) is 0 Å². The number of benzene rings is 1. The van der Waals surface area contributed by atoms with E-state index in [-0.39, 0.29) is 24.3 Å². The van der Waals surface area contributed by atoms with Crippen LogP contribution in [0.3, 0.4) is 0 Å². The second kappa shape index (κ2) is 5.46. The van der Waals surface area contributed by atoms with Crippen molar-refractivity contribution in [3.05, 3.63) is 43.8 Å². The van der Waals surface area contributed by atoms with Crippen molar-refractivity contribution in [2.75, 3.05) is 4.72 Å². The largest absolute Gasteiger partial charge is 0.280 e. The third kappa shape index (κ3) is 3.32. The van der Waals surface area contributed by atoms with Gasteiger partial charge in [0.1, 0.15) is 15.0 Å². The molecule has 0 aliphatic carbocycles. The number of anilines is 1. The molecule has 1 aromatic carbocycles. The van der Waals surface area contributed by atoms with Crippen LogP contribution in [0.15, 0.2) is 29.2 Å². The zero-order chi connectivity index (χ0) is 14.2. The molecule has 2 rings (SSSR count). The summed E-state index contributed by atoms with van der Waals surface area (Å²) in [5, 5.41) is -0.186. The first-order valence-electron chi connectivity index (χ1n) is 4.72. The minimum Gasteiger partial charge on any atom is -0.280 e. The second-order valence-corrected chi connectivity index (χ2v) is 7.77. The lowest BCUT2D eigenvalue weighted by Gasteiger charge is -2.07. The summed E-state index contributed by atoms with van der Waals surface area (Å²) >= 11 is 18.0. The maximum Gasteiger partial charge on any atom is 0.264 e. The number of halogens is 4. The Kier molecular flexibility index (Phi) is 4.27. The smallest absolute Gasteiger partial charge is 0.264 e. The van der Waals surface area contributed by atoms with E-state index in [0.29, 0.717) is 0 Å². The molecule has 0 saturated heterocycles. The van der Waals surface area contributed by atoms with E-state index in [0.717, 1.165) is 23.5 Å². The topological polar surface area (TPSA) is 46.2 Å². The van der Waals surface area contributed by atoms with Gasteiger partial charge in [-0.05, 0) is 24.3 Å². The highest BCUT2D eigenvalue weighted by Crippen LogP contribution is 2.35. The van der Waals surface area contributed by atoms with Gasteiger partial charge in [0.25, 0.3) is 10.0 Å². The fourth-order valence-electron chi connectivity index (χ4n) is 1.28. The summed E-state index contributed by atoms with van der Waals surface area (Å²) in [7, 11) is -3.89. The van der Waals surface area contributed by atoms with E-state index in [1.165, 1.54) is 12.1 Å². The summed E-state index contributed by atoms with van der Waals surface area (Å²) in [4.78, 5) is -0.135. The Balaban J connectivity index is 2.36. The molecule has 3 nitrogen and oxygen atoms in total. The minimum atomic E-state index is -3.89. The molecule has 0 unspecified atom stereocenters. The van der Waals surface area contributed by atoms with Gasteiger partial charge in [-0.25, -0.2) is 12.8 Å². The first-order valence-corrected chi connectivity index (χ1v) is 8.15. The van der Waals surface area contributed by atoms with Crippen LogP contribution in [0.4, 0.5) is 10.1 Å². The van der Waals surface area contributed by atoms with E-state index in [2.05, 4.69) is 4.72 Å².